The maximum absolute atomic E-state index is 5.32. The summed E-state index contributed by atoms with van der Waals surface area (Å²) in [5.74, 6) is 1.20. The number of thiophene rings is 1. The van der Waals surface area contributed by atoms with Gasteiger partial charge in [-0.25, -0.2) is 4.99 Å². The molecule has 4 nitrogen and oxygen atoms in total. The van der Waals surface area contributed by atoms with E-state index in [1.54, 1.807) is 0 Å². The van der Waals surface area contributed by atoms with E-state index in [0.717, 1.165) is 11.4 Å². The van der Waals surface area contributed by atoms with Crippen LogP contribution in [-0.2, 0) is 0 Å². The van der Waals surface area contributed by atoms with E-state index < -0.39 is 0 Å². The van der Waals surface area contributed by atoms with Gasteiger partial charge in [-0.1, -0.05) is 91.0 Å². The quantitative estimate of drug-likeness (QED) is 0.195. The highest BCUT2D eigenvalue weighted by Gasteiger charge is 2.33. The average Bonchev–Trinajstić information content (AvgIpc) is 3.89. The lowest BCUT2D eigenvalue weighted by Crippen LogP contribution is -2.87. The molecule has 1 aliphatic heterocycles. The van der Waals surface area contributed by atoms with E-state index >= 15 is 0 Å². The van der Waals surface area contributed by atoms with Gasteiger partial charge in [-0.15, -0.1) is 11.3 Å². The molecule has 2 N–H and O–H groups in total. The third-order valence-electron chi connectivity index (χ3n) is 10.7. The zero-order valence-corrected chi connectivity index (χ0v) is 27.1. The van der Waals surface area contributed by atoms with Gasteiger partial charge in [0.05, 0.1) is 22.1 Å². The summed E-state index contributed by atoms with van der Waals surface area (Å²) >= 11 is 1.91. The fourth-order valence-corrected chi connectivity index (χ4v) is 9.93. The molecule has 0 saturated carbocycles. The predicted molar refractivity (Wildman–Crippen MR) is 207 cm³/mol. The number of allylic oxidation sites excluding steroid dienone is 2. The van der Waals surface area contributed by atoms with E-state index in [0.29, 0.717) is 0 Å². The Balaban J connectivity index is 1.22. The molecule has 0 amide bonds. The Labute approximate surface area is 284 Å². The lowest BCUT2D eigenvalue weighted by Gasteiger charge is -2.18. The molecule has 10 aromatic rings. The summed E-state index contributed by atoms with van der Waals surface area (Å²) in [5.41, 5.74) is 10.8. The smallest absolute Gasteiger partial charge is 0.237 e. The molecule has 1 atom stereocenters. The number of quaternary nitrogens is 1. The maximum Gasteiger partial charge on any atom is 0.237 e. The number of nitrogens with two attached hydrogens (primary N) is 1. The van der Waals surface area contributed by atoms with Crippen LogP contribution in [0.5, 0.6) is 0 Å². The summed E-state index contributed by atoms with van der Waals surface area (Å²) < 4.78 is 7.61. The van der Waals surface area contributed by atoms with Gasteiger partial charge in [-0.2, -0.15) is 0 Å². The van der Waals surface area contributed by atoms with Crippen molar-refractivity contribution in [2.45, 2.75) is 6.04 Å². The highest BCUT2D eigenvalue weighted by atomic mass is 32.1. The molecule has 228 valence electrons. The van der Waals surface area contributed by atoms with Gasteiger partial charge in [-0.3, -0.25) is 9.72 Å². The average molecular weight is 644 g/mol. The number of aromatic nitrogens is 2. The highest BCUT2D eigenvalue weighted by molar-refractivity contribution is 7.26. The lowest BCUT2D eigenvalue weighted by atomic mass is 9.98. The summed E-state index contributed by atoms with van der Waals surface area (Å²) in [6.45, 7) is 0. The van der Waals surface area contributed by atoms with Gasteiger partial charge in [0, 0.05) is 58.4 Å². The van der Waals surface area contributed by atoms with Gasteiger partial charge in [0.2, 0.25) is 5.82 Å². The molecule has 0 saturated heterocycles. The van der Waals surface area contributed by atoms with E-state index in [1.165, 1.54) is 91.8 Å². The van der Waals surface area contributed by atoms with Crippen molar-refractivity contribution in [3.05, 3.63) is 146 Å². The molecule has 5 heteroatoms. The first-order chi connectivity index (χ1) is 24.3. The second-order valence-electron chi connectivity index (χ2n) is 13.3. The van der Waals surface area contributed by atoms with Crippen LogP contribution < -0.4 is 5.32 Å². The molecular weight excluding hydrogens is 617 g/mol. The van der Waals surface area contributed by atoms with Crippen LogP contribution in [0.2, 0.25) is 0 Å². The molecule has 0 spiro atoms. The minimum Gasteiger partial charge on any atom is -0.309 e. The second-order valence-corrected chi connectivity index (χ2v) is 14.3. The van der Waals surface area contributed by atoms with Crippen molar-refractivity contribution in [2.24, 2.45) is 4.99 Å². The summed E-state index contributed by atoms with van der Waals surface area (Å²) in [7, 11) is 0. The molecule has 12 rings (SSSR count). The normalized spacial score (nSPS) is 15.8. The zero-order chi connectivity index (χ0) is 31.8. The molecule has 1 unspecified atom stereocenters. The molecule has 2 aliphatic rings. The molecule has 5 heterocycles. The van der Waals surface area contributed by atoms with Crippen molar-refractivity contribution < 1.29 is 5.32 Å². The standard InChI is InChI=1S/C44H26N4S/c1-2-11-26(12-3-1)47-36-19-8-4-13-28(36)30-16-10-15-27(41(30)47)25-21-22-37-32(23-25)39-42-33(24-31-29-14-5-9-20-38(29)49-43(31)39)40-44(48(37)42)46-35-18-7-6-17-34(35)45-40/h1-24,35,46H/p+1. The molecule has 6 aromatic carbocycles. The Morgan fingerprint density at radius 3 is 2.41 bits per heavy atom. The van der Waals surface area contributed by atoms with E-state index in [2.05, 4.69) is 160 Å². The minimum atomic E-state index is 0.185. The minimum absolute atomic E-state index is 0.185. The first-order valence-corrected chi connectivity index (χ1v) is 17.7. The number of fused-ring (bicyclic) bond motifs is 14. The van der Waals surface area contributed by atoms with Crippen molar-refractivity contribution in [1.29, 1.82) is 0 Å². The molecular formula is C44H27N4S+. The predicted octanol–water partition coefficient (Wildman–Crippen LogP) is 10.6. The molecule has 0 radical (unpaired) electrons. The van der Waals surface area contributed by atoms with Crippen molar-refractivity contribution in [3.63, 3.8) is 0 Å². The Bertz CT molecular complexity index is 3130. The Morgan fingerprint density at radius 2 is 1.47 bits per heavy atom. The topological polar surface area (TPSA) is 38.3 Å². The Hall–Kier alpha value is -6.01. The van der Waals surface area contributed by atoms with Crippen LogP contribution in [0, 0.1) is 0 Å². The van der Waals surface area contributed by atoms with E-state index in [-0.39, 0.29) is 6.04 Å². The number of rotatable bonds is 2. The largest absolute Gasteiger partial charge is 0.309 e. The van der Waals surface area contributed by atoms with Crippen LogP contribution in [0.25, 0.3) is 86.0 Å². The highest BCUT2D eigenvalue weighted by Crippen LogP contribution is 2.51. The van der Waals surface area contributed by atoms with Crippen LogP contribution in [0.3, 0.4) is 0 Å². The van der Waals surface area contributed by atoms with Crippen LogP contribution in [0.1, 0.15) is 0 Å². The number of nitrogens with zero attached hydrogens (tertiary/aromatic N) is 3. The van der Waals surface area contributed by atoms with Gasteiger partial charge in [0.1, 0.15) is 5.71 Å². The van der Waals surface area contributed by atoms with E-state index in [9.17, 15) is 0 Å². The molecule has 1 aliphatic carbocycles. The third kappa shape index (κ3) is 3.33. The lowest BCUT2D eigenvalue weighted by molar-refractivity contribution is -0.586. The number of para-hydroxylation sites is 3. The Kier molecular flexibility index (Phi) is 4.95. The monoisotopic (exact) mass is 643 g/mol. The first kappa shape index (κ1) is 26.0. The van der Waals surface area contributed by atoms with Crippen LogP contribution in [-0.4, -0.2) is 20.7 Å². The zero-order valence-electron chi connectivity index (χ0n) is 26.3. The molecule has 0 bridgehead atoms. The van der Waals surface area contributed by atoms with Crippen molar-refractivity contribution in [2.75, 3.05) is 0 Å². The van der Waals surface area contributed by atoms with Crippen LogP contribution >= 0.6 is 11.3 Å². The SMILES string of the molecule is C1=CC2=Nc3c(n4c5ccc(-c6cccc7c8ccccc8n(-c8ccccc8)c67)cc5c5c6sc7ccccc7c6cc3c54)[NH2+]C2C=C1. The van der Waals surface area contributed by atoms with Crippen LogP contribution in [0.15, 0.2) is 151 Å². The number of aliphatic imine (C=N–C) groups is 1. The molecule has 4 aromatic heterocycles. The van der Waals surface area contributed by atoms with E-state index in [1.807, 2.05) is 11.3 Å². The fourth-order valence-electron chi connectivity index (χ4n) is 8.69. The van der Waals surface area contributed by atoms with Gasteiger partial charge in [-0.05, 0) is 60.2 Å². The summed E-state index contributed by atoms with van der Waals surface area (Å²) in [5, 5.41) is 11.4. The first-order valence-electron chi connectivity index (χ1n) is 16.9. The van der Waals surface area contributed by atoms with Gasteiger partial charge >= 0.3 is 0 Å². The summed E-state index contributed by atoms with van der Waals surface area (Å²) in [6, 6.07) is 44.9. The molecule has 0 fully saturated rings. The van der Waals surface area contributed by atoms with Crippen molar-refractivity contribution in [1.82, 2.24) is 8.97 Å². The molecule has 49 heavy (non-hydrogen) atoms. The third-order valence-corrected chi connectivity index (χ3v) is 12.0. The maximum atomic E-state index is 5.32. The van der Waals surface area contributed by atoms with Crippen LogP contribution in [0.4, 0.5) is 11.5 Å². The van der Waals surface area contributed by atoms with Gasteiger partial charge < -0.3 is 4.57 Å². The number of hydrogen-bond acceptors (Lipinski definition) is 2. The summed E-state index contributed by atoms with van der Waals surface area (Å²) in [6.07, 6.45) is 8.66. The fraction of sp³-hybridized carbons (Fsp3) is 0.0227. The summed E-state index contributed by atoms with van der Waals surface area (Å²) in [4.78, 5) is 5.32. The van der Waals surface area contributed by atoms with Crippen molar-refractivity contribution in [3.8, 4) is 16.8 Å². The second kappa shape index (κ2) is 9.32. The van der Waals surface area contributed by atoms with Crippen molar-refractivity contribution >= 4 is 97.7 Å². The number of hydrogen-bond donors (Lipinski definition) is 1. The van der Waals surface area contributed by atoms with Gasteiger partial charge in [0.15, 0.2) is 11.7 Å². The number of benzene rings is 6. The van der Waals surface area contributed by atoms with E-state index in [4.69, 9.17) is 4.99 Å². The van der Waals surface area contributed by atoms with Gasteiger partial charge in [0.25, 0.3) is 0 Å². The Morgan fingerprint density at radius 1 is 0.633 bits per heavy atom.